The van der Waals surface area contributed by atoms with Gasteiger partial charge in [-0.1, -0.05) is 147 Å². The molecule has 5 heterocycles. The minimum absolute atomic E-state index is 0.00269. The van der Waals surface area contributed by atoms with E-state index in [1.165, 1.54) is 129 Å². The molecule has 0 spiro atoms. The Kier molecular flexibility index (Phi) is 9.75. The van der Waals surface area contributed by atoms with Gasteiger partial charge in [0.25, 0.3) is 6.71 Å². The quantitative estimate of drug-likeness (QED) is 0.162. The van der Waals surface area contributed by atoms with E-state index in [4.69, 9.17) is 0 Å². The highest BCUT2D eigenvalue weighted by Crippen LogP contribution is 2.52. The van der Waals surface area contributed by atoms with E-state index in [1.807, 2.05) is 34.0 Å². The summed E-state index contributed by atoms with van der Waals surface area (Å²) in [6.45, 7) is 25.8. The zero-order chi connectivity index (χ0) is 47.2. The highest BCUT2D eigenvalue weighted by atomic mass is 32.1. The van der Waals surface area contributed by atoms with Crippen molar-refractivity contribution in [3.05, 3.63) is 173 Å². The van der Waals surface area contributed by atoms with Gasteiger partial charge in [0.1, 0.15) is 0 Å². The number of hydrogen-bond acceptors (Lipinski definition) is 5. The summed E-state index contributed by atoms with van der Waals surface area (Å²) < 4.78 is 3.97. The van der Waals surface area contributed by atoms with E-state index in [-0.39, 0.29) is 23.0 Å². The third-order valence-corrected chi connectivity index (χ3v) is 18.0. The average Bonchev–Trinajstić information content (AvgIpc) is 4.04. The molecule has 0 N–H and O–H groups in total. The Morgan fingerprint density at radius 2 is 0.971 bits per heavy atom. The topological polar surface area (TPSA) is 6.48 Å². The zero-order valence-electron chi connectivity index (χ0n) is 41.1. The minimum Gasteiger partial charge on any atom is -0.311 e. The Morgan fingerprint density at radius 3 is 1.56 bits per heavy atom. The van der Waals surface area contributed by atoms with Crippen molar-refractivity contribution in [2.45, 2.75) is 92.4 Å². The van der Waals surface area contributed by atoms with Crippen molar-refractivity contribution in [3.8, 4) is 20.9 Å². The van der Waals surface area contributed by atoms with Crippen LogP contribution >= 0.6 is 34.0 Å². The predicted molar refractivity (Wildman–Crippen MR) is 303 cm³/mol. The van der Waals surface area contributed by atoms with Crippen LogP contribution in [0.5, 0.6) is 0 Å². The van der Waals surface area contributed by atoms with Crippen LogP contribution in [-0.4, -0.2) is 6.71 Å². The highest BCUT2D eigenvalue weighted by Gasteiger charge is 2.46. The average molecular weight is 937 g/mol. The molecule has 2 nitrogen and oxygen atoms in total. The zero-order valence-corrected chi connectivity index (χ0v) is 43.5. The maximum absolute atomic E-state index is 2.70. The van der Waals surface area contributed by atoms with Crippen LogP contribution in [0, 0.1) is 13.8 Å². The van der Waals surface area contributed by atoms with E-state index in [2.05, 4.69) is 232 Å². The monoisotopic (exact) mass is 936 g/mol. The predicted octanol–water partition coefficient (Wildman–Crippen LogP) is 17.3. The first-order valence-corrected chi connectivity index (χ1v) is 26.5. The van der Waals surface area contributed by atoms with Crippen LogP contribution < -0.4 is 26.2 Å². The first kappa shape index (κ1) is 43.4. The summed E-state index contributed by atoms with van der Waals surface area (Å²) in [4.78, 5) is 7.89. The molecular formula is C62H57BN2S3. The molecule has 0 bridgehead atoms. The van der Waals surface area contributed by atoms with Crippen LogP contribution in [0.25, 0.3) is 51.1 Å². The summed E-state index contributed by atoms with van der Waals surface area (Å²) in [6.07, 6.45) is 0. The van der Waals surface area contributed by atoms with Crippen molar-refractivity contribution in [1.82, 2.24) is 0 Å². The van der Waals surface area contributed by atoms with Crippen LogP contribution in [0.4, 0.5) is 33.4 Å². The van der Waals surface area contributed by atoms with Crippen LogP contribution in [0.3, 0.4) is 0 Å². The van der Waals surface area contributed by atoms with Gasteiger partial charge >= 0.3 is 0 Å². The maximum Gasteiger partial charge on any atom is 0.254 e. The summed E-state index contributed by atoms with van der Waals surface area (Å²) >= 11 is 5.73. The number of thiophene rings is 3. The summed E-state index contributed by atoms with van der Waals surface area (Å²) in [5, 5.41) is 5.29. The Labute approximate surface area is 414 Å². The van der Waals surface area contributed by atoms with Gasteiger partial charge < -0.3 is 9.80 Å². The second-order valence-corrected chi connectivity index (χ2v) is 25.6. The van der Waals surface area contributed by atoms with Crippen LogP contribution in [0.2, 0.25) is 0 Å². The van der Waals surface area contributed by atoms with Gasteiger partial charge in [0.2, 0.25) is 0 Å². The summed E-state index contributed by atoms with van der Waals surface area (Å²) in [5.74, 6) is 0. The molecule has 0 unspecified atom stereocenters. The lowest BCUT2D eigenvalue weighted by Gasteiger charge is -2.45. The normalized spacial score (nSPS) is 13.7. The van der Waals surface area contributed by atoms with Gasteiger partial charge in [-0.3, -0.25) is 0 Å². The SMILES string of the molecule is Cc1cc(C(C)(C)C)cc(C)c1N1c2cc(C(C)(C)C)cc3c2B(c2cc(-c4cc5ccccc5s4)ccc2N3c2ccc(-c3cc4ccccc4s3)cc2)c2c1sc1ccc(C(C)(C)C)cc21. The number of aryl methyl sites for hydroxylation is 2. The molecule has 0 atom stereocenters. The molecule has 68 heavy (non-hydrogen) atoms. The van der Waals surface area contributed by atoms with Gasteiger partial charge in [-0.25, -0.2) is 0 Å². The lowest BCUT2D eigenvalue weighted by molar-refractivity contribution is 0.589. The molecule has 0 amide bonds. The van der Waals surface area contributed by atoms with Gasteiger partial charge in [-0.05, 0) is 162 Å². The standard InChI is InChI=1S/C62H57BN2S3/c1-36-28-43(61(6,7)8)29-37(2)58(36)65-50-35-44(62(9,10)11)34-49-57(50)63(56-46-33-42(60(3,4)5)23-27-53(46)68-59(56)65)47-30-41(55-32-40-17-13-15-19-52(40)67-55)22-26-48(47)64(49)45-24-20-38(21-25-45)54-31-39-16-12-14-18-51(39)66-54/h12-35H,1-11H3. The third-order valence-electron chi connectivity index (χ3n) is 14.5. The van der Waals surface area contributed by atoms with Gasteiger partial charge in [0.15, 0.2) is 0 Å². The van der Waals surface area contributed by atoms with E-state index >= 15 is 0 Å². The molecule has 0 aliphatic carbocycles. The van der Waals surface area contributed by atoms with Crippen molar-refractivity contribution >= 4 is 121 Å². The van der Waals surface area contributed by atoms with E-state index in [1.54, 1.807) is 0 Å². The van der Waals surface area contributed by atoms with E-state index < -0.39 is 0 Å². The Morgan fingerprint density at radius 1 is 0.426 bits per heavy atom. The van der Waals surface area contributed by atoms with Gasteiger partial charge in [0.05, 0.1) is 10.7 Å². The summed E-state index contributed by atoms with van der Waals surface area (Å²) in [6, 6.07) is 56.4. The Hall–Kier alpha value is -5.92. The largest absolute Gasteiger partial charge is 0.311 e. The lowest BCUT2D eigenvalue weighted by Crippen LogP contribution is -2.61. The number of anilines is 6. The molecule has 7 aromatic carbocycles. The van der Waals surface area contributed by atoms with E-state index in [9.17, 15) is 0 Å². The summed E-state index contributed by atoms with van der Waals surface area (Å²) in [5.41, 5.74) is 19.5. The number of nitrogens with zero attached hydrogens (tertiary/aromatic N) is 2. The molecule has 10 aromatic rings. The second-order valence-electron chi connectivity index (χ2n) is 22.4. The molecular weight excluding hydrogens is 880 g/mol. The molecule has 6 heteroatoms. The number of hydrogen-bond donors (Lipinski definition) is 0. The van der Waals surface area contributed by atoms with Crippen molar-refractivity contribution in [2.75, 3.05) is 9.80 Å². The molecule has 3 aromatic heterocycles. The first-order chi connectivity index (χ1) is 32.4. The van der Waals surface area contributed by atoms with E-state index in [0.29, 0.717) is 0 Å². The van der Waals surface area contributed by atoms with Crippen molar-refractivity contribution in [3.63, 3.8) is 0 Å². The Balaban J connectivity index is 1.18. The molecule has 0 fully saturated rings. The molecule has 0 radical (unpaired) electrons. The first-order valence-electron chi connectivity index (χ1n) is 24.1. The Bertz CT molecular complexity index is 3590. The fourth-order valence-electron chi connectivity index (χ4n) is 10.8. The third kappa shape index (κ3) is 6.92. The molecule has 0 saturated carbocycles. The number of benzene rings is 7. The fourth-order valence-corrected chi connectivity index (χ4v) is 14.2. The molecule has 0 saturated heterocycles. The fraction of sp³-hybridized carbons (Fsp3) is 0.226. The molecule has 2 aliphatic rings. The second kappa shape index (κ2) is 15.3. The molecule has 2 aliphatic heterocycles. The summed E-state index contributed by atoms with van der Waals surface area (Å²) in [7, 11) is 0. The van der Waals surface area contributed by atoms with Crippen LogP contribution in [0.15, 0.2) is 146 Å². The van der Waals surface area contributed by atoms with Crippen molar-refractivity contribution in [1.29, 1.82) is 0 Å². The van der Waals surface area contributed by atoms with Gasteiger partial charge in [0, 0.05) is 46.6 Å². The van der Waals surface area contributed by atoms with Crippen LogP contribution in [0.1, 0.15) is 90.1 Å². The van der Waals surface area contributed by atoms with Gasteiger partial charge in [-0.15, -0.1) is 34.0 Å². The highest BCUT2D eigenvalue weighted by molar-refractivity contribution is 7.27. The van der Waals surface area contributed by atoms with Crippen LogP contribution in [-0.2, 0) is 16.2 Å². The number of fused-ring (bicyclic) bond motifs is 8. The smallest absolute Gasteiger partial charge is 0.254 e. The lowest BCUT2D eigenvalue weighted by atomic mass is 9.33. The van der Waals surface area contributed by atoms with Crippen molar-refractivity contribution in [2.24, 2.45) is 0 Å². The molecule has 336 valence electrons. The number of rotatable bonds is 4. The van der Waals surface area contributed by atoms with Crippen molar-refractivity contribution < 1.29 is 0 Å². The van der Waals surface area contributed by atoms with E-state index in [0.717, 1.165) is 0 Å². The minimum atomic E-state index is -0.114. The van der Waals surface area contributed by atoms with Gasteiger partial charge in [-0.2, -0.15) is 0 Å². The maximum atomic E-state index is 2.70. The molecule has 12 rings (SSSR count).